The Labute approximate surface area is 181 Å². The number of aryl methyl sites for hydroxylation is 1. The second kappa shape index (κ2) is 9.18. The first-order valence-electron chi connectivity index (χ1n) is 9.51. The average molecular weight is 443 g/mol. The Balaban J connectivity index is 2.01. The number of carbonyl (C=O) groups is 1. The normalized spacial score (nSPS) is 11.1. The molecule has 8 heteroatoms. The van der Waals surface area contributed by atoms with Crippen molar-refractivity contribution in [1.29, 1.82) is 0 Å². The lowest BCUT2D eigenvalue weighted by atomic mass is 10.1. The highest BCUT2D eigenvalue weighted by atomic mass is 32.2. The maximum Gasteiger partial charge on any atom is 0.264 e. The summed E-state index contributed by atoms with van der Waals surface area (Å²) in [6.07, 6.45) is 0. The zero-order chi connectivity index (χ0) is 22.6. The molecule has 3 rings (SSSR count). The van der Waals surface area contributed by atoms with Crippen LogP contribution in [0.15, 0.2) is 71.6 Å². The molecule has 0 radical (unpaired) electrons. The molecule has 0 unspecified atom stereocenters. The third-order valence-corrected chi connectivity index (χ3v) is 6.70. The van der Waals surface area contributed by atoms with Crippen LogP contribution < -0.4 is 14.4 Å². The van der Waals surface area contributed by atoms with Gasteiger partial charge in [-0.2, -0.15) is 0 Å². The number of sulfonamides is 1. The Hall–Kier alpha value is -3.39. The van der Waals surface area contributed by atoms with E-state index in [1.807, 2.05) is 26.0 Å². The fourth-order valence-corrected chi connectivity index (χ4v) is 4.51. The van der Waals surface area contributed by atoms with Crippen LogP contribution in [0.5, 0.6) is 5.75 Å². The van der Waals surface area contributed by atoms with E-state index in [1.54, 1.807) is 30.3 Å². The van der Waals surface area contributed by atoms with Gasteiger partial charge in [0.25, 0.3) is 10.0 Å². The number of carbonyl (C=O) groups excluding carboxylic acids is 1. The predicted molar refractivity (Wildman–Crippen MR) is 118 cm³/mol. The molecule has 0 fully saturated rings. The summed E-state index contributed by atoms with van der Waals surface area (Å²) in [5, 5.41) is 2.78. The number of ether oxygens (including phenoxy) is 1. The summed E-state index contributed by atoms with van der Waals surface area (Å²) in [7, 11) is -2.77. The molecule has 6 nitrogen and oxygen atoms in total. The minimum absolute atomic E-state index is 0.139. The molecule has 0 aliphatic carbocycles. The highest BCUT2D eigenvalue weighted by molar-refractivity contribution is 7.92. The van der Waals surface area contributed by atoms with Gasteiger partial charge < -0.3 is 10.1 Å². The number of hydrogen-bond acceptors (Lipinski definition) is 4. The summed E-state index contributed by atoms with van der Waals surface area (Å²) in [6.45, 7) is 3.30. The summed E-state index contributed by atoms with van der Waals surface area (Å²) in [5.41, 5.74) is 2.69. The molecule has 0 heterocycles. The Kier molecular flexibility index (Phi) is 6.60. The first-order chi connectivity index (χ1) is 14.7. The van der Waals surface area contributed by atoms with Gasteiger partial charge in [-0.05, 0) is 67.4 Å². The van der Waals surface area contributed by atoms with Gasteiger partial charge in [0.2, 0.25) is 5.91 Å². The van der Waals surface area contributed by atoms with Gasteiger partial charge in [0.05, 0.1) is 17.7 Å². The van der Waals surface area contributed by atoms with Crippen LogP contribution in [0.4, 0.5) is 15.8 Å². The number of halogens is 1. The molecule has 1 amide bonds. The minimum atomic E-state index is -4.18. The zero-order valence-electron chi connectivity index (χ0n) is 17.4. The number of nitrogens with zero attached hydrogens (tertiary/aromatic N) is 1. The third kappa shape index (κ3) is 4.86. The maximum absolute atomic E-state index is 13.4. The monoisotopic (exact) mass is 442 g/mol. The van der Waals surface area contributed by atoms with E-state index in [-0.39, 0.29) is 16.3 Å². The molecule has 0 bridgehead atoms. The van der Waals surface area contributed by atoms with Crippen molar-refractivity contribution in [3.8, 4) is 5.75 Å². The molecule has 0 aliphatic heterocycles. The molecule has 0 aromatic heterocycles. The number of hydrogen-bond donors (Lipinski definition) is 1. The molecule has 0 aliphatic rings. The second-order valence-electron chi connectivity index (χ2n) is 6.93. The van der Waals surface area contributed by atoms with E-state index in [9.17, 15) is 17.6 Å². The quantitative estimate of drug-likeness (QED) is 0.592. The largest absolute Gasteiger partial charge is 0.495 e. The van der Waals surface area contributed by atoms with E-state index < -0.39 is 28.3 Å². The van der Waals surface area contributed by atoms with Gasteiger partial charge in [-0.1, -0.05) is 24.3 Å². The Morgan fingerprint density at radius 1 is 1.00 bits per heavy atom. The molecule has 0 saturated heterocycles. The highest BCUT2D eigenvalue weighted by Gasteiger charge is 2.29. The zero-order valence-corrected chi connectivity index (χ0v) is 18.2. The standard InChI is InChI=1S/C23H23FN2O4S/c1-16-7-6-8-20(17(16)2)25-23(27)15-26(21-9-4-5-10-22(21)30-3)31(28,29)19-13-11-18(24)12-14-19/h4-14H,15H2,1-3H3,(H,25,27). The molecule has 0 spiro atoms. The van der Waals surface area contributed by atoms with E-state index in [0.717, 1.165) is 39.7 Å². The van der Waals surface area contributed by atoms with Crippen molar-refractivity contribution in [1.82, 2.24) is 0 Å². The van der Waals surface area contributed by atoms with E-state index >= 15 is 0 Å². The third-order valence-electron chi connectivity index (χ3n) is 4.92. The molecule has 3 aromatic carbocycles. The lowest BCUT2D eigenvalue weighted by Gasteiger charge is -2.25. The predicted octanol–water partition coefficient (Wildman–Crippen LogP) is 4.29. The Bertz CT molecular complexity index is 1190. The lowest BCUT2D eigenvalue weighted by Crippen LogP contribution is -2.38. The highest BCUT2D eigenvalue weighted by Crippen LogP contribution is 2.32. The van der Waals surface area contributed by atoms with Crippen molar-refractivity contribution < 1.29 is 22.3 Å². The first-order valence-corrected chi connectivity index (χ1v) is 11.0. The van der Waals surface area contributed by atoms with E-state index in [1.165, 1.54) is 7.11 Å². The summed E-state index contributed by atoms with van der Waals surface area (Å²) < 4.78 is 46.4. The SMILES string of the molecule is COc1ccccc1N(CC(=O)Nc1cccc(C)c1C)S(=O)(=O)c1ccc(F)cc1. The molecule has 3 aromatic rings. The second-order valence-corrected chi connectivity index (χ2v) is 8.80. The van der Waals surface area contributed by atoms with Gasteiger partial charge in [0, 0.05) is 5.69 Å². The number of nitrogens with one attached hydrogen (secondary N) is 1. The van der Waals surface area contributed by atoms with Gasteiger partial charge in [0.15, 0.2) is 0 Å². The molecule has 0 saturated carbocycles. The van der Waals surface area contributed by atoms with Crippen LogP contribution in [0.1, 0.15) is 11.1 Å². The van der Waals surface area contributed by atoms with Crippen LogP contribution in [0.2, 0.25) is 0 Å². The van der Waals surface area contributed by atoms with Crippen molar-refractivity contribution in [3.05, 3.63) is 83.7 Å². The van der Waals surface area contributed by atoms with Gasteiger partial charge in [-0.3, -0.25) is 9.10 Å². The fourth-order valence-electron chi connectivity index (χ4n) is 3.08. The van der Waals surface area contributed by atoms with Crippen molar-refractivity contribution in [2.45, 2.75) is 18.7 Å². The first kappa shape index (κ1) is 22.3. The number of anilines is 2. The van der Waals surface area contributed by atoms with Gasteiger partial charge >= 0.3 is 0 Å². The van der Waals surface area contributed by atoms with E-state index in [2.05, 4.69) is 5.32 Å². The fraction of sp³-hybridized carbons (Fsp3) is 0.174. The van der Waals surface area contributed by atoms with Gasteiger partial charge in [-0.25, -0.2) is 12.8 Å². The lowest BCUT2D eigenvalue weighted by molar-refractivity contribution is -0.114. The number of rotatable bonds is 7. The van der Waals surface area contributed by atoms with E-state index in [0.29, 0.717) is 5.69 Å². The van der Waals surface area contributed by atoms with Crippen LogP contribution in [-0.4, -0.2) is 28.0 Å². The van der Waals surface area contributed by atoms with Crippen LogP contribution >= 0.6 is 0 Å². The van der Waals surface area contributed by atoms with Crippen LogP contribution in [-0.2, 0) is 14.8 Å². The smallest absolute Gasteiger partial charge is 0.264 e. The summed E-state index contributed by atoms with van der Waals surface area (Å²) in [6, 6.07) is 16.4. The van der Waals surface area contributed by atoms with Crippen molar-refractivity contribution in [2.24, 2.45) is 0 Å². The van der Waals surface area contributed by atoms with Crippen molar-refractivity contribution in [3.63, 3.8) is 0 Å². The van der Waals surface area contributed by atoms with Gasteiger partial charge in [-0.15, -0.1) is 0 Å². The number of amides is 1. The van der Waals surface area contributed by atoms with Crippen LogP contribution in [0.25, 0.3) is 0 Å². The molecular weight excluding hydrogens is 419 g/mol. The van der Waals surface area contributed by atoms with Gasteiger partial charge in [0.1, 0.15) is 18.1 Å². The maximum atomic E-state index is 13.4. The van der Waals surface area contributed by atoms with Crippen LogP contribution in [0.3, 0.4) is 0 Å². The molecule has 31 heavy (non-hydrogen) atoms. The number of methoxy groups -OCH3 is 1. The Morgan fingerprint density at radius 2 is 1.68 bits per heavy atom. The van der Waals surface area contributed by atoms with E-state index in [4.69, 9.17) is 4.74 Å². The Morgan fingerprint density at radius 3 is 2.35 bits per heavy atom. The topological polar surface area (TPSA) is 75.7 Å². The summed E-state index contributed by atoms with van der Waals surface area (Å²) >= 11 is 0. The number of benzene rings is 3. The van der Waals surface area contributed by atoms with Crippen LogP contribution in [0, 0.1) is 19.7 Å². The molecular formula is C23H23FN2O4S. The summed E-state index contributed by atoms with van der Waals surface area (Å²) in [4.78, 5) is 12.7. The molecule has 1 N–H and O–H groups in total. The molecule has 0 atom stereocenters. The minimum Gasteiger partial charge on any atom is -0.495 e. The molecule has 162 valence electrons. The van der Waals surface area contributed by atoms with Crippen molar-refractivity contribution in [2.75, 3.05) is 23.3 Å². The van der Waals surface area contributed by atoms with Crippen molar-refractivity contribution >= 4 is 27.3 Å². The number of para-hydroxylation sites is 2. The average Bonchev–Trinajstić information content (AvgIpc) is 2.75. The summed E-state index contributed by atoms with van der Waals surface area (Å²) in [5.74, 6) is -0.798.